The predicted molar refractivity (Wildman–Crippen MR) is 115 cm³/mol. The highest BCUT2D eigenvalue weighted by atomic mass is 32.2. The molecule has 4 rings (SSSR count). The van der Waals surface area contributed by atoms with E-state index >= 15 is 0 Å². The van der Waals surface area contributed by atoms with Crippen LogP contribution >= 0.6 is 11.8 Å². The van der Waals surface area contributed by atoms with Crippen LogP contribution < -0.4 is 9.64 Å². The van der Waals surface area contributed by atoms with Gasteiger partial charge in [-0.15, -0.1) is 4.90 Å². The van der Waals surface area contributed by atoms with Crippen LogP contribution in [0.5, 0.6) is 5.75 Å². The van der Waals surface area contributed by atoms with Gasteiger partial charge in [-0.1, -0.05) is 23.9 Å². The molecule has 2 aliphatic heterocycles. The van der Waals surface area contributed by atoms with Gasteiger partial charge in [0.2, 0.25) is 0 Å². The fraction of sp³-hybridized carbons (Fsp3) is 0.261. The fourth-order valence-electron chi connectivity index (χ4n) is 3.64. The summed E-state index contributed by atoms with van der Waals surface area (Å²) in [5.74, 6) is -0.392. The van der Waals surface area contributed by atoms with Crippen LogP contribution in [0.1, 0.15) is 26.3 Å². The first-order chi connectivity index (χ1) is 14.4. The average molecular weight is 426 g/mol. The van der Waals surface area contributed by atoms with Gasteiger partial charge >= 0.3 is 11.9 Å². The highest BCUT2D eigenvalue weighted by Gasteiger charge is 2.52. The van der Waals surface area contributed by atoms with E-state index in [0.29, 0.717) is 23.1 Å². The van der Waals surface area contributed by atoms with Crippen LogP contribution in [0.25, 0.3) is 0 Å². The molecule has 0 spiro atoms. The van der Waals surface area contributed by atoms with Gasteiger partial charge in [0.15, 0.2) is 11.0 Å². The molecule has 1 unspecified atom stereocenters. The Bertz CT molecular complexity index is 1070. The number of thioether (sulfide) groups is 1. The summed E-state index contributed by atoms with van der Waals surface area (Å²) in [5, 5.41) is 0.714. The second-order valence-corrected chi connectivity index (χ2v) is 8.44. The van der Waals surface area contributed by atoms with Gasteiger partial charge in [-0.05, 0) is 73.2 Å². The number of benzene rings is 2. The first-order valence-corrected chi connectivity index (χ1v) is 10.6. The number of halogens is 1. The first-order valence-electron chi connectivity index (χ1n) is 9.75. The van der Waals surface area contributed by atoms with E-state index in [1.807, 2.05) is 20.8 Å². The molecule has 0 aromatic heterocycles. The van der Waals surface area contributed by atoms with Crippen LogP contribution in [-0.4, -0.2) is 28.2 Å². The topological polar surface area (TPSA) is 49.6 Å². The lowest BCUT2D eigenvalue weighted by Crippen LogP contribution is -2.53. The van der Waals surface area contributed by atoms with Crippen molar-refractivity contribution in [3.8, 4) is 5.75 Å². The first kappa shape index (κ1) is 20.3. The van der Waals surface area contributed by atoms with Gasteiger partial charge in [-0.2, -0.15) is 9.37 Å². The van der Waals surface area contributed by atoms with Gasteiger partial charge in [0.1, 0.15) is 23.8 Å². The highest BCUT2D eigenvalue weighted by molar-refractivity contribution is 8.17. The summed E-state index contributed by atoms with van der Waals surface area (Å²) in [6, 6.07) is 12.6. The van der Waals surface area contributed by atoms with Gasteiger partial charge in [-0.25, -0.2) is 9.18 Å². The van der Waals surface area contributed by atoms with E-state index in [0.717, 1.165) is 16.0 Å². The largest absolute Gasteiger partial charge is 0.506 e. The molecular formula is C23H22FN2O3S+. The Morgan fingerprint density at radius 1 is 1.07 bits per heavy atom. The monoisotopic (exact) mass is 425 g/mol. The van der Waals surface area contributed by atoms with E-state index in [1.54, 1.807) is 41.0 Å². The molecule has 0 saturated heterocycles. The van der Waals surface area contributed by atoms with Crippen LogP contribution in [0.4, 0.5) is 14.9 Å². The minimum absolute atomic E-state index is 0.253. The minimum atomic E-state index is -0.486. The molecule has 0 radical (unpaired) electrons. The Labute approximate surface area is 178 Å². The molecule has 2 aliphatic rings. The van der Waals surface area contributed by atoms with Gasteiger partial charge in [-0.3, -0.25) is 0 Å². The van der Waals surface area contributed by atoms with Gasteiger partial charge in [0, 0.05) is 0 Å². The van der Waals surface area contributed by atoms with E-state index in [9.17, 15) is 14.0 Å². The molecule has 3 amide bonds. The molecule has 0 aliphatic carbocycles. The normalized spacial score (nSPS) is 18.9. The van der Waals surface area contributed by atoms with E-state index in [4.69, 9.17) is 4.74 Å². The zero-order chi connectivity index (χ0) is 21.4. The van der Waals surface area contributed by atoms with Crippen molar-refractivity contribution in [1.29, 1.82) is 0 Å². The van der Waals surface area contributed by atoms with Crippen molar-refractivity contribution >= 4 is 34.4 Å². The predicted octanol–water partition coefficient (Wildman–Crippen LogP) is 4.96. The summed E-state index contributed by atoms with van der Waals surface area (Å²) in [6.45, 7) is 6.58. The maximum absolute atomic E-state index is 13.4. The average Bonchev–Trinajstić information content (AvgIpc) is 3.03. The molecule has 2 aromatic carbocycles. The summed E-state index contributed by atoms with van der Waals surface area (Å²) in [6.07, 6.45) is 0. The molecule has 1 atom stereocenters. The Kier molecular flexibility index (Phi) is 5.47. The minimum Gasteiger partial charge on any atom is -0.494 e. The number of ether oxygens (including phenoxy) is 1. The molecule has 0 saturated carbocycles. The van der Waals surface area contributed by atoms with Crippen molar-refractivity contribution in [2.45, 2.75) is 27.3 Å². The number of hydrogen-bond donors (Lipinski definition) is 0. The number of amides is 3. The smallest absolute Gasteiger partial charge is 0.494 e. The molecule has 0 bridgehead atoms. The molecule has 154 valence electrons. The van der Waals surface area contributed by atoms with Crippen molar-refractivity contribution in [3.63, 3.8) is 0 Å². The summed E-state index contributed by atoms with van der Waals surface area (Å²) < 4.78 is 20.4. The Balaban J connectivity index is 1.76. The Morgan fingerprint density at radius 2 is 1.73 bits per heavy atom. The molecule has 0 N–H and O–H groups in total. The van der Waals surface area contributed by atoms with E-state index in [1.165, 1.54) is 28.8 Å². The summed E-state index contributed by atoms with van der Waals surface area (Å²) >= 11 is 1.46. The lowest BCUT2D eigenvalue weighted by molar-refractivity contribution is -0.443. The third-order valence-corrected chi connectivity index (χ3v) is 6.60. The third-order valence-electron chi connectivity index (χ3n) is 5.31. The van der Waals surface area contributed by atoms with E-state index in [2.05, 4.69) is 0 Å². The number of carbonyl (C=O) groups excluding carboxylic acids is 2. The lowest BCUT2D eigenvalue weighted by Gasteiger charge is -2.25. The highest BCUT2D eigenvalue weighted by Crippen LogP contribution is 2.42. The Morgan fingerprint density at radius 3 is 2.37 bits per heavy atom. The maximum atomic E-state index is 13.4. The van der Waals surface area contributed by atoms with Crippen molar-refractivity contribution in [2.24, 2.45) is 5.92 Å². The van der Waals surface area contributed by atoms with Crippen LogP contribution in [0.15, 0.2) is 59.0 Å². The molecule has 2 aromatic rings. The zero-order valence-electron chi connectivity index (χ0n) is 17.0. The number of allylic oxidation sites excluding steroid dienone is 1. The molecular weight excluding hydrogens is 403 g/mol. The quantitative estimate of drug-likeness (QED) is 0.636. The maximum Gasteiger partial charge on any atom is 0.506 e. The number of anilines is 1. The number of fused-ring (bicyclic) bond motifs is 1. The lowest BCUT2D eigenvalue weighted by atomic mass is 9.97. The van der Waals surface area contributed by atoms with Crippen LogP contribution in [0.3, 0.4) is 0 Å². The summed E-state index contributed by atoms with van der Waals surface area (Å²) in [5.41, 5.74) is 2.24. The number of imide groups is 1. The van der Waals surface area contributed by atoms with Crippen molar-refractivity contribution < 1.29 is 23.3 Å². The number of rotatable bonds is 5. The van der Waals surface area contributed by atoms with E-state index < -0.39 is 11.9 Å². The third kappa shape index (κ3) is 3.54. The van der Waals surface area contributed by atoms with Crippen molar-refractivity contribution in [2.75, 3.05) is 11.5 Å². The zero-order valence-corrected chi connectivity index (χ0v) is 17.8. The van der Waals surface area contributed by atoms with Gasteiger partial charge in [0.05, 0.1) is 6.61 Å². The number of nitrogens with zero attached hydrogens (tertiary/aromatic N) is 2. The number of urea groups is 1. The Hall–Kier alpha value is -2.93. The standard InChI is InChI=1S/C23H22FN2O3S/c1-4-29-19-11-9-18(10-12-19)26-21(27)20-14(2)15(3)30-22(20)25(23(26)28)13-16-5-7-17(24)8-6-16/h5-12,20H,4,13H2,1-3H3/q+1. The van der Waals surface area contributed by atoms with Gasteiger partial charge < -0.3 is 4.74 Å². The molecule has 30 heavy (non-hydrogen) atoms. The molecule has 7 heteroatoms. The van der Waals surface area contributed by atoms with Crippen LogP contribution in [0.2, 0.25) is 0 Å². The SMILES string of the molecule is CCOc1ccc(N2C(=O)C3C(C)=C(C)SC3=[N+](Cc3ccc(F)cc3)C2=O)cc1. The second kappa shape index (κ2) is 8.07. The second-order valence-electron chi connectivity index (χ2n) is 7.21. The van der Waals surface area contributed by atoms with Crippen molar-refractivity contribution in [1.82, 2.24) is 0 Å². The number of carbonyl (C=O) groups is 2. The van der Waals surface area contributed by atoms with Gasteiger partial charge in [0.25, 0.3) is 0 Å². The molecule has 2 heterocycles. The fourth-order valence-corrected chi connectivity index (χ4v) is 4.88. The summed E-state index contributed by atoms with van der Waals surface area (Å²) in [7, 11) is 0. The van der Waals surface area contributed by atoms with E-state index in [-0.39, 0.29) is 18.3 Å². The number of hydrogen-bond acceptors (Lipinski definition) is 4. The van der Waals surface area contributed by atoms with Crippen LogP contribution in [0, 0.1) is 11.7 Å². The summed E-state index contributed by atoms with van der Waals surface area (Å²) in [4.78, 5) is 29.1. The molecule has 5 nitrogen and oxygen atoms in total. The van der Waals surface area contributed by atoms with Crippen molar-refractivity contribution in [3.05, 3.63) is 70.4 Å². The molecule has 0 fully saturated rings. The van der Waals surface area contributed by atoms with Crippen LogP contribution in [-0.2, 0) is 11.3 Å².